The van der Waals surface area contributed by atoms with Crippen LogP contribution in [0.1, 0.15) is 104 Å². The van der Waals surface area contributed by atoms with Gasteiger partial charge in [0.05, 0.1) is 0 Å². The lowest BCUT2D eigenvalue weighted by atomic mass is 9.73. The molecule has 0 nitrogen and oxygen atoms in total. The van der Waals surface area contributed by atoms with E-state index in [4.69, 9.17) is 0 Å². The average molecular weight is 279 g/mol. The van der Waals surface area contributed by atoms with Gasteiger partial charge in [0.1, 0.15) is 0 Å². The van der Waals surface area contributed by atoms with Crippen LogP contribution in [0.3, 0.4) is 0 Å². The molecule has 2 saturated carbocycles. The van der Waals surface area contributed by atoms with Gasteiger partial charge in [0.25, 0.3) is 0 Å². The molecule has 0 heterocycles. The van der Waals surface area contributed by atoms with Crippen LogP contribution in [0.5, 0.6) is 0 Å². The first-order valence-electron chi connectivity index (χ1n) is 9.79. The zero-order valence-corrected chi connectivity index (χ0v) is 14.2. The Hall–Kier alpha value is 0. The molecular formula is C20H38. The minimum atomic E-state index is 1.02. The monoisotopic (exact) mass is 278 g/mol. The van der Waals surface area contributed by atoms with Crippen molar-refractivity contribution in [3.05, 3.63) is 0 Å². The van der Waals surface area contributed by atoms with Crippen molar-refractivity contribution in [2.75, 3.05) is 0 Å². The van der Waals surface area contributed by atoms with Crippen LogP contribution < -0.4 is 0 Å². The Morgan fingerprint density at radius 3 is 2.00 bits per heavy atom. The van der Waals surface area contributed by atoms with Crippen LogP contribution in [-0.2, 0) is 0 Å². The Labute approximate surface area is 128 Å². The molecule has 0 amide bonds. The maximum absolute atomic E-state index is 2.52. The summed E-state index contributed by atoms with van der Waals surface area (Å²) in [5.41, 5.74) is 0. The van der Waals surface area contributed by atoms with Crippen LogP contribution in [0.4, 0.5) is 0 Å². The maximum Gasteiger partial charge on any atom is -0.0386 e. The lowest BCUT2D eigenvalue weighted by molar-refractivity contribution is 0.194. The molecule has 0 spiro atoms. The summed E-state index contributed by atoms with van der Waals surface area (Å²) in [6.07, 6.45) is 21.2. The summed E-state index contributed by atoms with van der Waals surface area (Å²) in [7, 11) is 0. The van der Waals surface area contributed by atoms with Gasteiger partial charge < -0.3 is 0 Å². The van der Waals surface area contributed by atoms with Gasteiger partial charge in [0, 0.05) is 0 Å². The molecule has 0 bridgehead atoms. The van der Waals surface area contributed by atoms with Gasteiger partial charge >= 0.3 is 0 Å². The number of rotatable bonds is 3. The van der Waals surface area contributed by atoms with E-state index >= 15 is 0 Å². The Balaban J connectivity index is 1.79. The van der Waals surface area contributed by atoms with Crippen molar-refractivity contribution >= 4 is 0 Å². The average Bonchev–Trinajstić information content (AvgIpc) is 2.47. The highest BCUT2D eigenvalue weighted by atomic mass is 14.3. The molecule has 0 aromatic carbocycles. The molecule has 0 aliphatic heterocycles. The van der Waals surface area contributed by atoms with E-state index in [-0.39, 0.29) is 0 Å². The molecule has 2 aliphatic rings. The normalized spacial score (nSPS) is 37.5. The highest BCUT2D eigenvalue weighted by Crippen LogP contribution is 2.37. The first-order valence-corrected chi connectivity index (χ1v) is 9.79. The van der Waals surface area contributed by atoms with Crippen molar-refractivity contribution < 1.29 is 0 Å². The van der Waals surface area contributed by atoms with Crippen LogP contribution >= 0.6 is 0 Å². The first-order chi connectivity index (χ1) is 9.79. The van der Waals surface area contributed by atoms with Crippen LogP contribution in [0.15, 0.2) is 0 Å². The largest absolute Gasteiger partial charge is 0.0651 e. The lowest BCUT2D eigenvalue weighted by Crippen LogP contribution is -2.20. The molecule has 4 atom stereocenters. The third-order valence-corrected chi connectivity index (χ3v) is 6.45. The maximum atomic E-state index is 2.52. The van der Waals surface area contributed by atoms with Crippen LogP contribution in [0, 0.1) is 23.7 Å². The van der Waals surface area contributed by atoms with E-state index in [0.29, 0.717) is 0 Å². The third kappa shape index (κ3) is 5.41. The molecule has 20 heavy (non-hydrogen) atoms. The fraction of sp³-hybridized carbons (Fsp3) is 1.00. The molecule has 2 rings (SSSR count). The second-order valence-electron chi connectivity index (χ2n) is 7.97. The van der Waals surface area contributed by atoms with E-state index in [0.717, 1.165) is 23.7 Å². The Morgan fingerprint density at radius 1 is 0.650 bits per heavy atom. The standard InChI is InChI=1S/C20H38/c1-3-18-11-5-4-6-12-19(14-9-13-18)16-20-15-8-7-10-17(20)2/h17-20H,3-16H2,1-2H3. The van der Waals surface area contributed by atoms with Crippen LogP contribution in [-0.4, -0.2) is 0 Å². The van der Waals surface area contributed by atoms with E-state index in [1.54, 1.807) is 19.3 Å². The first kappa shape index (κ1) is 16.4. The van der Waals surface area contributed by atoms with Crippen LogP contribution in [0.2, 0.25) is 0 Å². The smallest absolute Gasteiger partial charge is 0.0386 e. The Bertz CT molecular complexity index is 244. The molecule has 2 fully saturated rings. The molecule has 2 aliphatic carbocycles. The number of hydrogen-bond acceptors (Lipinski definition) is 0. The highest BCUT2D eigenvalue weighted by molar-refractivity contribution is 4.76. The quantitative estimate of drug-likeness (QED) is 0.522. The molecule has 0 heteroatoms. The van der Waals surface area contributed by atoms with Gasteiger partial charge in [-0.25, -0.2) is 0 Å². The summed E-state index contributed by atoms with van der Waals surface area (Å²) >= 11 is 0. The highest BCUT2D eigenvalue weighted by Gasteiger charge is 2.24. The van der Waals surface area contributed by atoms with E-state index in [1.165, 1.54) is 70.6 Å². The number of hydrogen-bond donors (Lipinski definition) is 0. The zero-order chi connectivity index (χ0) is 14.2. The van der Waals surface area contributed by atoms with Gasteiger partial charge in [0.15, 0.2) is 0 Å². The predicted octanol–water partition coefficient (Wildman–Crippen LogP) is 6.98. The van der Waals surface area contributed by atoms with Gasteiger partial charge in [-0.3, -0.25) is 0 Å². The minimum absolute atomic E-state index is 1.02. The molecule has 0 aromatic rings. The Kier molecular flexibility index (Phi) is 7.45. The van der Waals surface area contributed by atoms with Crippen molar-refractivity contribution in [1.82, 2.24) is 0 Å². The van der Waals surface area contributed by atoms with E-state index in [9.17, 15) is 0 Å². The summed E-state index contributed by atoms with van der Waals surface area (Å²) in [5.74, 6) is 4.19. The van der Waals surface area contributed by atoms with Crippen molar-refractivity contribution in [3.8, 4) is 0 Å². The summed E-state index contributed by atoms with van der Waals surface area (Å²) in [4.78, 5) is 0. The van der Waals surface area contributed by atoms with Crippen molar-refractivity contribution in [1.29, 1.82) is 0 Å². The summed E-state index contributed by atoms with van der Waals surface area (Å²) < 4.78 is 0. The molecule has 0 N–H and O–H groups in total. The molecular weight excluding hydrogens is 240 g/mol. The van der Waals surface area contributed by atoms with E-state index in [2.05, 4.69) is 13.8 Å². The molecule has 0 aromatic heterocycles. The zero-order valence-electron chi connectivity index (χ0n) is 14.2. The summed E-state index contributed by atoms with van der Waals surface area (Å²) in [6, 6.07) is 0. The van der Waals surface area contributed by atoms with Crippen molar-refractivity contribution in [3.63, 3.8) is 0 Å². The Morgan fingerprint density at radius 2 is 1.25 bits per heavy atom. The van der Waals surface area contributed by atoms with Gasteiger partial charge in [-0.2, -0.15) is 0 Å². The van der Waals surface area contributed by atoms with Crippen molar-refractivity contribution in [2.45, 2.75) is 104 Å². The lowest BCUT2D eigenvalue weighted by Gasteiger charge is -2.32. The third-order valence-electron chi connectivity index (χ3n) is 6.45. The molecule has 118 valence electrons. The van der Waals surface area contributed by atoms with E-state index < -0.39 is 0 Å². The second kappa shape index (κ2) is 9.11. The fourth-order valence-electron chi connectivity index (χ4n) is 4.84. The van der Waals surface area contributed by atoms with Crippen molar-refractivity contribution in [2.24, 2.45) is 23.7 Å². The van der Waals surface area contributed by atoms with Gasteiger partial charge in [-0.05, 0) is 30.1 Å². The van der Waals surface area contributed by atoms with Crippen LogP contribution in [0.25, 0.3) is 0 Å². The topological polar surface area (TPSA) is 0 Å². The minimum Gasteiger partial charge on any atom is -0.0651 e. The van der Waals surface area contributed by atoms with Gasteiger partial charge in [0.2, 0.25) is 0 Å². The van der Waals surface area contributed by atoms with Gasteiger partial charge in [-0.1, -0.05) is 97.3 Å². The second-order valence-corrected chi connectivity index (χ2v) is 7.97. The fourth-order valence-corrected chi connectivity index (χ4v) is 4.84. The SMILES string of the molecule is CCC1CCCCCC(CC2CCCCC2C)CCC1. The predicted molar refractivity (Wildman–Crippen MR) is 89.9 cm³/mol. The van der Waals surface area contributed by atoms with E-state index in [1.807, 2.05) is 0 Å². The molecule has 0 saturated heterocycles. The molecule has 0 radical (unpaired) electrons. The summed E-state index contributed by atoms with van der Waals surface area (Å²) in [6.45, 7) is 4.93. The summed E-state index contributed by atoms with van der Waals surface area (Å²) in [5, 5.41) is 0. The van der Waals surface area contributed by atoms with Gasteiger partial charge in [-0.15, -0.1) is 0 Å². The molecule has 4 unspecified atom stereocenters.